The van der Waals surface area contributed by atoms with Crippen molar-refractivity contribution in [2.24, 2.45) is 23.5 Å². The summed E-state index contributed by atoms with van der Waals surface area (Å²) in [6, 6.07) is 7.80. The summed E-state index contributed by atoms with van der Waals surface area (Å²) < 4.78 is 5.69. The van der Waals surface area contributed by atoms with Gasteiger partial charge in [-0.3, -0.25) is 19.3 Å². The smallest absolute Gasteiger partial charge is 0.255 e. The van der Waals surface area contributed by atoms with Crippen molar-refractivity contribution in [3.63, 3.8) is 0 Å². The Morgan fingerprint density at radius 1 is 1.14 bits per heavy atom. The van der Waals surface area contributed by atoms with E-state index in [9.17, 15) is 34.8 Å². The molecule has 0 heterocycles. The van der Waals surface area contributed by atoms with Crippen LogP contribution < -0.4 is 15.8 Å². The summed E-state index contributed by atoms with van der Waals surface area (Å²) >= 11 is 0. The number of hydrogen-bond donors (Lipinski definition) is 6. The number of aliphatic hydroxyl groups is 3. The molecule has 0 radical (unpaired) electrons. The van der Waals surface area contributed by atoms with Gasteiger partial charge >= 0.3 is 0 Å². The number of carbonyl (C=O) groups is 3. The molecule has 5 rings (SSSR count). The van der Waals surface area contributed by atoms with Crippen molar-refractivity contribution < 1.29 is 39.5 Å². The zero-order chi connectivity index (χ0) is 32.2. The highest BCUT2D eigenvalue weighted by atomic mass is 16.5. The lowest BCUT2D eigenvalue weighted by molar-refractivity contribution is -0.153. The second-order valence-electron chi connectivity index (χ2n) is 12.5. The Morgan fingerprint density at radius 2 is 1.84 bits per heavy atom. The first-order valence-electron chi connectivity index (χ1n) is 14.6. The van der Waals surface area contributed by atoms with Crippen molar-refractivity contribution in [3.8, 4) is 22.6 Å². The Balaban J connectivity index is 1.67. The Labute approximate surface area is 255 Å². The van der Waals surface area contributed by atoms with E-state index in [1.165, 1.54) is 11.0 Å². The van der Waals surface area contributed by atoms with E-state index in [-0.39, 0.29) is 29.7 Å². The van der Waals surface area contributed by atoms with Gasteiger partial charge < -0.3 is 36.2 Å². The van der Waals surface area contributed by atoms with E-state index in [2.05, 4.69) is 19.2 Å². The molecule has 234 valence electrons. The van der Waals surface area contributed by atoms with Gasteiger partial charge in [0.1, 0.15) is 28.6 Å². The summed E-state index contributed by atoms with van der Waals surface area (Å²) in [5.74, 6) is -5.80. The third-order valence-electron chi connectivity index (χ3n) is 9.04. The molecule has 7 N–H and O–H groups in total. The number of likely N-dealkylation sites (N-methyl/N-ethyl adjacent to an activating group) is 1. The van der Waals surface area contributed by atoms with Gasteiger partial charge in [-0.05, 0) is 80.2 Å². The summed E-state index contributed by atoms with van der Waals surface area (Å²) in [7, 11) is 4.69. The van der Waals surface area contributed by atoms with Gasteiger partial charge in [0, 0.05) is 23.6 Å². The average molecular weight is 606 g/mol. The topological polar surface area (TPSA) is 183 Å². The summed E-state index contributed by atoms with van der Waals surface area (Å²) in [6.07, 6.45) is 0.189. The van der Waals surface area contributed by atoms with E-state index < -0.39 is 58.0 Å². The lowest BCUT2D eigenvalue weighted by Crippen LogP contribution is -2.65. The Morgan fingerprint density at radius 3 is 2.45 bits per heavy atom. The first kappa shape index (κ1) is 31.2. The molecule has 2 aromatic carbocycles. The van der Waals surface area contributed by atoms with Gasteiger partial charge in [-0.2, -0.15) is 0 Å². The number of nitrogens with one attached hydrogen (secondary N) is 1. The second kappa shape index (κ2) is 11.4. The maximum absolute atomic E-state index is 14.1. The van der Waals surface area contributed by atoms with Crippen molar-refractivity contribution in [1.82, 2.24) is 10.2 Å². The number of Topliss-reactive ketones (excluding diaryl/α,β-unsaturated/α-hetero) is 2. The number of ether oxygens (including phenoxy) is 1. The number of phenolic OH excluding ortho intramolecular Hbond substituents is 1. The number of methoxy groups -OCH3 is 1. The highest BCUT2D eigenvalue weighted by Gasteiger charge is 2.64. The number of phenols is 1. The Bertz CT molecular complexity index is 1620. The molecule has 0 spiro atoms. The molecule has 1 saturated carbocycles. The Kier molecular flexibility index (Phi) is 8.08. The van der Waals surface area contributed by atoms with E-state index in [1.54, 1.807) is 27.3 Å². The van der Waals surface area contributed by atoms with E-state index >= 15 is 0 Å². The van der Waals surface area contributed by atoms with Gasteiger partial charge in [0.05, 0.1) is 18.7 Å². The number of amides is 1. The SMILES string of the molecule is COc1ccc(CNCC(C)C)cc1-c1ccc(O)c2c1C[C@H]1C[C@H]3[C@H](N(C)C)C(=O)C(C(N)=O)=C(O)[C@@]3(O)C(=O)C1=C2O. The van der Waals surface area contributed by atoms with Crippen LogP contribution in [0.3, 0.4) is 0 Å². The zero-order valence-electron chi connectivity index (χ0n) is 25.5. The fourth-order valence-corrected chi connectivity index (χ4v) is 7.08. The minimum absolute atomic E-state index is 0.0111. The van der Waals surface area contributed by atoms with Crippen molar-refractivity contribution >= 4 is 23.2 Å². The molecule has 0 aromatic heterocycles. The first-order chi connectivity index (χ1) is 20.7. The zero-order valence-corrected chi connectivity index (χ0v) is 25.5. The van der Waals surface area contributed by atoms with Crippen LogP contribution in [0.15, 0.2) is 47.2 Å². The van der Waals surface area contributed by atoms with Crippen LogP contribution >= 0.6 is 0 Å². The third-order valence-corrected chi connectivity index (χ3v) is 9.04. The average Bonchev–Trinajstić information content (AvgIpc) is 2.94. The summed E-state index contributed by atoms with van der Waals surface area (Å²) in [5, 5.41) is 48.8. The lowest BCUT2D eigenvalue weighted by Gasteiger charge is -2.50. The number of carbonyl (C=O) groups excluding carboxylic acids is 3. The number of hydrogen-bond acceptors (Lipinski definition) is 10. The van der Waals surface area contributed by atoms with Gasteiger partial charge in [0.15, 0.2) is 11.4 Å². The normalized spacial score (nSPS) is 24.9. The standard InChI is InChI=1S/C33H39N3O8/c1-15(2)13-35-14-16-6-9-23(44-5)19(10-16)18-7-8-22(37)25-20(18)11-17-12-21-27(36(3)4)29(39)26(32(34)42)31(41)33(21,43)30(40)24(17)28(25)38/h6-10,15,17,21,27,35,37-38,41,43H,11-14H2,1-5H3,(H2,34,42)/t17-,21-,27-,33-/m0/s1. The molecule has 3 aliphatic carbocycles. The molecule has 2 aromatic rings. The van der Waals surface area contributed by atoms with E-state index in [0.29, 0.717) is 29.3 Å². The van der Waals surface area contributed by atoms with Crippen LogP contribution in [0.4, 0.5) is 0 Å². The van der Waals surface area contributed by atoms with Gasteiger partial charge in [-0.15, -0.1) is 0 Å². The maximum Gasteiger partial charge on any atom is 0.255 e. The molecule has 0 bridgehead atoms. The number of aromatic hydroxyl groups is 1. The largest absolute Gasteiger partial charge is 0.508 e. The second-order valence-corrected chi connectivity index (χ2v) is 12.5. The predicted octanol–water partition coefficient (Wildman–Crippen LogP) is 2.39. The first-order valence-corrected chi connectivity index (χ1v) is 14.6. The maximum atomic E-state index is 14.1. The summed E-state index contributed by atoms with van der Waals surface area (Å²) in [5.41, 5.74) is 4.70. The van der Waals surface area contributed by atoms with E-state index in [1.807, 2.05) is 18.2 Å². The number of benzene rings is 2. The fourth-order valence-electron chi connectivity index (χ4n) is 7.08. The summed E-state index contributed by atoms with van der Waals surface area (Å²) in [6.45, 7) is 5.70. The van der Waals surface area contributed by atoms with Crippen LogP contribution in [0.25, 0.3) is 16.9 Å². The number of nitrogens with two attached hydrogens (primary N) is 1. The lowest BCUT2D eigenvalue weighted by atomic mass is 9.57. The number of rotatable bonds is 8. The monoisotopic (exact) mass is 605 g/mol. The van der Waals surface area contributed by atoms with Gasteiger partial charge in [-0.1, -0.05) is 26.0 Å². The molecule has 3 aliphatic rings. The molecule has 0 aliphatic heterocycles. The van der Waals surface area contributed by atoms with E-state index in [4.69, 9.17) is 10.5 Å². The molecule has 4 atom stereocenters. The van der Waals surface area contributed by atoms with Crippen molar-refractivity contribution in [2.45, 2.75) is 44.9 Å². The van der Waals surface area contributed by atoms with Gasteiger partial charge in [0.2, 0.25) is 5.78 Å². The highest BCUT2D eigenvalue weighted by Crippen LogP contribution is 2.54. The van der Waals surface area contributed by atoms with Crippen LogP contribution in [-0.4, -0.2) is 82.2 Å². The van der Waals surface area contributed by atoms with Gasteiger partial charge in [0.25, 0.3) is 5.91 Å². The molecule has 0 unspecified atom stereocenters. The van der Waals surface area contributed by atoms with Crippen LogP contribution in [0.2, 0.25) is 0 Å². The van der Waals surface area contributed by atoms with Crippen LogP contribution in [0, 0.1) is 17.8 Å². The fraction of sp³-hybridized carbons (Fsp3) is 0.424. The number of nitrogens with zero attached hydrogens (tertiary/aromatic N) is 1. The van der Waals surface area contributed by atoms with Crippen molar-refractivity contribution in [3.05, 3.63) is 63.9 Å². The van der Waals surface area contributed by atoms with E-state index in [0.717, 1.165) is 17.7 Å². The number of ketones is 2. The molecule has 44 heavy (non-hydrogen) atoms. The van der Waals surface area contributed by atoms with Crippen LogP contribution in [-0.2, 0) is 27.3 Å². The summed E-state index contributed by atoms with van der Waals surface area (Å²) in [4.78, 5) is 41.1. The number of aliphatic hydroxyl groups excluding tert-OH is 2. The molecular formula is C33H39N3O8. The van der Waals surface area contributed by atoms with Crippen molar-refractivity contribution in [1.29, 1.82) is 0 Å². The Hall–Kier alpha value is -4.19. The van der Waals surface area contributed by atoms with Gasteiger partial charge in [-0.25, -0.2) is 0 Å². The quantitative estimate of drug-likeness (QED) is 0.244. The third kappa shape index (κ3) is 4.75. The molecule has 11 heteroatoms. The number of primary amides is 1. The molecule has 1 amide bonds. The molecule has 0 saturated heterocycles. The number of fused-ring (bicyclic) bond motifs is 3. The predicted molar refractivity (Wildman–Crippen MR) is 163 cm³/mol. The van der Waals surface area contributed by atoms with Crippen LogP contribution in [0.1, 0.15) is 37.0 Å². The minimum atomic E-state index is -2.68. The van der Waals surface area contributed by atoms with Crippen LogP contribution in [0.5, 0.6) is 11.5 Å². The molecular weight excluding hydrogens is 566 g/mol. The molecule has 11 nitrogen and oxygen atoms in total. The highest BCUT2D eigenvalue weighted by molar-refractivity contribution is 6.24. The van der Waals surface area contributed by atoms with Crippen molar-refractivity contribution in [2.75, 3.05) is 27.7 Å². The molecule has 1 fully saturated rings. The minimum Gasteiger partial charge on any atom is -0.508 e.